The van der Waals surface area contributed by atoms with E-state index in [4.69, 9.17) is 0 Å². The largest absolute Gasteiger partial charge is 0.353 e. The van der Waals surface area contributed by atoms with Gasteiger partial charge in [0, 0.05) is 13.1 Å². The Balaban J connectivity index is 1.45. The topological polar surface area (TPSA) is 92.2 Å². The lowest BCUT2D eigenvalue weighted by Gasteiger charge is -2.27. The number of aromatic nitrogens is 3. The van der Waals surface area contributed by atoms with Crippen LogP contribution in [0.2, 0.25) is 0 Å². The number of piperazine rings is 1. The number of amides is 2. The SMILES string of the molecule is C[C@@H](C(=O)Nc1ccc(N2CCNC(=O)C2)nc1)n1cnc2ccccc21. The van der Waals surface area contributed by atoms with Gasteiger partial charge in [0.1, 0.15) is 11.9 Å². The summed E-state index contributed by atoms with van der Waals surface area (Å²) < 4.78 is 1.85. The number of nitrogens with one attached hydrogen (secondary N) is 2. The highest BCUT2D eigenvalue weighted by Gasteiger charge is 2.19. The standard InChI is InChI=1S/C19H20N6O2/c1-13(25-12-22-15-4-2-3-5-16(15)25)19(27)23-14-6-7-17(21-10-14)24-9-8-20-18(26)11-24/h2-7,10,12-13H,8-9,11H2,1H3,(H,20,26)(H,23,27)/t13-/m0/s1. The summed E-state index contributed by atoms with van der Waals surface area (Å²) in [6.07, 6.45) is 3.29. The van der Waals surface area contributed by atoms with Crippen LogP contribution in [0.1, 0.15) is 13.0 Å². The van der Waals surface area contributed by atoms with Crippen LogP contribution in [0.25, 0.3) is 11.0 Å². The van der Waals surface area contributed by atoms with Crippen molar-refractivity contribution in [2.45, 2.75) is 13.0 Å². The molecular formula is C19H20N6O2. The molecular weight excluding hydrogens is 344 g/mol. The van der Waals surface area contributed by atoms with Crippen molar-refractivity contribution in [2.24, 2.45) is 0 Å². The van der Waals surface area contributed by atoms with Crippen molar-refractivity contribution in [1.82, 2.24) is 19.9 Å². The third-order valence-corrected chi connectivity index (χ3v) is 4.66. The fourth-order valence-electron chi connectivity index (χ4n) is 3.14. The normalized spacial score (nSPS) is 15.4. The molecule has 2 amide bonds. The second-order valence-corrected chi connectivity index (χ2v) is 6.48. The molecule has 2 N–H and O–H groups in total. The highest BCUT2D eigenvalue weighted by Crippen LogP contribution is 2.20. The first kappa shape index (κ1) is 17.0. The number of nitrogens with zero attached hydrogens (tertiary/aromatic N) is 4. The van der Waals surface area contributed by atoms with Gasteiger partial charge in [-0.1, -0.05) is 12.1 Å². The van der Waals surface area contributed by atoms with Crippen molar-refractivity contribution in [3.63, 3.8) is 0 Å². The van der Waals surface area contributed by atoms with Crippen LogP contribution in [0.3, 0.4) is 0 Å². The Morgan fingerprint density at radius 1 is 1.22 bits per heavy atom. The van der Waals surface area contributed by atoms with E-state index >= 15 is 0 Å². The van der Waals surface area contributed by atoms with Gasteiger partial charge in [-0.05, 0) is 31.2 Å². The number of para-hydroxylation sites is 2. The number of carbonyl (C=O) groups is 2. The monoisotopic (exact) mass is 364 g/mol. The number of fused-ring (bicyclic) bond motifs is 1. The molecule has 0 saturated carbocycles. The summed E-state index contributed by atoms with van der Waals surface area (Å²) in [6.45, 7) is 3.45. The van der Waals surface area contributed by atoms with Gasteiger partial charge >= 0.3 is 0 Å². The van der Waals surface area contributed by atoms with Gasteiger partial charge in [-0.2, -0.15) is 0 Å². The molecule has 1 aromatic carbocycles. The molecule has 3 aromatic rings. The van der Waals surface area contributed by atoms with Gasteiger partial charge in [0.15, 0.2) is 0 Å². The van der Waals surface area contributed by atoms with Gasteiger partial charge in [0.25, 0.3) is 0 Å². The third kappa shape index (κ3) is 3.46. The second kappa shape index (κ2) is 7.06. The average Bonchev–Trinajstić information content (AvgIpc) is 3.12. The van der Waals surface area contributed by atoms with Gasteiger partial charge in [-0.25, -0.2) is 9.97 Å². The number of hydrogen-bond acceptors (Lipinski definition) is 5. The lowest BCUT2D eigenvalue weighted by Crippen LogP contribution is -2.48. The van der Waals surface area contributed by atoms with Gasteiger partial charge in [-0.15, -0.1) is 0 Å². The first-order chi connectivity index (χ1) is 13.1. The fraction of sp³-hybridized carbons (Fsp3) is 0.263. The molecule has 0 unspecified atom stereocenters. The summed E-state index contributed by atoms with van der Waals surface area (Å²) in [5.41, 5.74) is 2.38. The zero-order valence-electron chi connectivity index (χ0n) is 14.9. The summed E-state index contributed by atoms with van der Waals surface area (Å²) >= 11 is 0. The van der Waals surface area contributed by atoms with Crippen molar-refractivity contribution in [3.05, 3.63) is 48.9 Å². The van der Waals surface area contributed by atoms with Crippen molar-refractivity contribution < 1.29 is 9.59 Å². The Morgan fingerprint density at radius 3 is 2.85 bits per heavy atom. The molecule has 3 heterocycles. The minimum Gasteiger partial charge on any atom is -0.353 e. The summed E-state index contributed by atoms with van der Waals surface area (Å²) in [5, 5.41) is 5.67. The molecule has 8 heteroatoms. The van der Waals surface area contributed by atoms with Gasteiger partial charge in [-0.3, -0.25) is 9.59 Å². The molecule has 1 aliphatic heterocycles. The summed E-state index contributed by atoms with van der Waals surface area (Å²) in [4.78, 5) is 34.7. The van der Waals surface area contributed by atoms with Crippen LogP contribution >= 0.6 is 0 Å². The van der Waals surface area contributed by atoms with Crippen LogP contribution in [0.5, 0.6) is 0 Å². The van der Waals surface area contributed by atoms with E-state index in [0.29, 0.717) is 18.8 Å². The molecule has 138 valence electrons. The van der Waals surface area contributed by atoms with Crippen molar-refractivity contribution in [1.29, 1.82) is 0 Å². The van der Waals surface area contributed by atoms with E-state index in [1.165, 1.54) is 0 Å². The Labute approximate surface area is 156 Å². The van der Waals surface area contributed by atoms with E-state index in [9.17, 15) is 9.59 Å². The fourth-order valence-corrected chi connectivity index (χ4v) is 3.14. The molecule has 1 aliphatic rings. The predicted octanol–water partition coefficient (Wildman–Crippen LogP) is 1.57. The third-order valence-electron chi connectivity index (χ3n) is 4.66. The molecule has 0 radical (unpaired) electrons. The summed E-state index contributed by atoms with van der Waals surface area (Å²) in [6, 6.07) is 10.9. The van der Waals surface area contributed by atoms with Crippen molar-refractivity contribution >= 4 is 34.4 Å². The predicted molar refractivity (Wildman–Crippen MR) is 103 cm³/mol. The molecule has 0 bridgehead atoms. The first-order valence-corrected chi connectivity index (χ1v) is 8.82. The maximum atomic E-state index is 12.6. The Kier molecular flexibility index (Phi) is 4.45. The number of anilines is 2. The molecule has 27 heavy (non-hydrogen) atoms. The number of pyridine rings is 1. The highest BCUT2D eigenvalue weighted by molar-refractivity contribution is 5.94. The van der Waals surface area contributed by atoms with Gasteiger partial charge < -0.3 is 20.1 Å². The van der Waals surface area contributed by atoms with Gasteiger partial charge in [0.05, 0.1) is 35.8 Å². The van der Waals surface area contributed by atoms with Crippen LogP contribution in [0.15, 0.2) is 48.9 Å². The average molecular weight is 364 g/mol. The van der Waals surface area contributed by atoms with Crippen LogP contribution < -0.4 is 15.5 Å². The molecule has 1 fully saturated rings. The maximum absolute atomic E-state index is 12.6. The molecule has 1 saturated heterocycles. The minimum absolute atomic E-state index is 0.0122. The molecule has 0 spiro atoms. The summed E-state index contributed by atoms with van der Waals surface area (Å²) in [7, 11) is 0. The lowest BCUT2D eigenvalue weighted by atomic mass is 10.2. The van der Waals surface area contributed by atoms with E-state index < -0.39 is 6.04 Å². The van der Waals surface area contributed by atoms with Gasteiger partial charge in [0.2, 0.25) is 11.8 Å². The number of carbonyl (C=O) groups excluding carboxylic acids is 2. The number of imidazole rings is 1. The van der Waals surface area contributed by atoms with E-state index in [-0.39, 0.29) is 11.8 Å². The smallest absolute Gasteiger partial charge is 0.247 e. The van der Waals surface area contributed by atoms with Crippen LogP contribution in [-0.2, 0) is 9.59 Å². The highest BCUT2D eigenvalue weighted by atomic mass is 16.2. The Hall–Kier alpha value is -3.42. The number of rotatable bonds is 4. The van der Waals surface area contributed by atoms with E-state index in [1.807, 2.05) is 46.7 Å². The summed E-state index contributed by atoms with van der Waals surface area (Å²) in [5.74, 6) is 0.559. The van der Waals surface area contributed by atoms with Crippen LogP contribution in [0, 0.1) is 0 Å². The van der Waals surface area contributed by atoms with Crippen LogP contribution in [-0.4, -0.2) is 46.0 Å². The number of benzene rings is 1. The van der Waals surface area contributed by atoms with Crippen molar-refractivity contribution in [3.8, 4) is 0 Å². The molecule has 2 aromatic heterocycles. The Bertz CT molecular complexity index is 981. The van der Waals surface area contributed by atoms with Crippen molar-refractivity contribution in [2.75, 3.05) is 29.9 Å². The quantitative estimate of drug-likeness (QED) is 0.733. The van der Waals surface area contributed by atoms with E-state index in [2.05, 4.69) is 20.6 Å². The zero-order chi connectivity index (χ0) is 18.8. The maximum Gasteiger partial charge on any atom is 0.247 e. The van der Waals surface area contributed by atoms with E-state index in [0.717, 1.165) is 23.4 Å². The second-order valence-electron chi connectivity index (χ2n) is 6.48. The minimum atomic E-state index is -0.414. The molecule has 8 nitrogen and oxygen atoms in total. The molecule has 0 aliphatic carbocycles. The van der Waals surface area contributed by atoms with E-state index in [1.54, 1.807) is 18.6 Å². The Morgan fingerprint density at radius 2 is 2.07 bits per heavy atom. The lowest BCUT2D eigenvalue weighted by molar-refractivity contribution is -0.120. The molecule has 4 rings (SSSR count). The molecule has 1 atom stereocenters. The first-order valence-electron chi connectivity index (χ1n) is 8.82. The zero-order valence-corrected chi connectivity index (χ0v) is 14.9. The van der Waals surface area contributed by atoms with Crippen LogP contribution in [0.4, 0.5) is 11.5 Å². The number of hydrogen-bond donors (Lipinski definition) is 2.